The number of nitrogens with zero attached hydrogens (tertiary/aromatic N) is 3. The molecule has 8 nitrogen and oxygen atoms in total. The van der Waals surface area contributed by atoms with Gasteiger partial charge in [-0.25, -0.2) is 4.79 Å². The molecule has 0 saturated heterocycles. The summed E-state index contributed by atoms with van der Waals surface area (Å²) in [5.41, 5.74) is 8.14. The SMILES string of the molecule is COc1nn(C)cc1C(=O)Nc1ccc2c(c1)N(C(N)=O)CCC2. The quantitative estimate of drug-likeness (QED) is 0.891. The van der Waals surface area contributed by atoms with Crippen molar-refractivity contribution >= 4 is 23.3 Å². The zero-order valence-corrected chi connectivity index (χ0v) is 13.6. The monoisotopic (exact) mass is 329 g/mol. The van der Waals surface area contributed by atoms with Gasteiger partial charge in [-0.2, -0.15) is 0 Å². The summed E-state index contributed by atoms with van der Waals surface area (Å²) in [6, 6.07) is 4.98. The predicted molar refractivity (Wildman–Crippen MR) is 89.4 cm³/mol. The van der Waals surface area contributed by atoms with Crippen molar-refractivity contribution in [2.45, 2.75) is 12.8 Å². The number of methoxy groups -OCH3 is 1. The standard InChI is InChI=1S/C16H19N5O3/c1-20-9-12(15(19-20)24-2)14(22)18-11-6-5-10-4-3-7-21(16(17)23)13(10)8-11/h5-6,8-9H,3-4,7H2,1-2H3,(H2,17,23)(H,18,22). The third-order valence-corrected chi connectivity index (χ3v) is 3.96. The van der Waals surface area contributed by atoms with Crippen molar-refractivity contribution in [3.63, 3.8) is 0 Å². The van der Waals surface area contributed by atoms with Crippen LogP contribution in [0.1, 0.15) is 22.3 Å². The number of ether oxygens (including phenoxy) is 1. The van der Waals surface area contributed by atoms with Gasteiger partial charge < -0.3 is 15.8 Å². The van der Waals surface area contributed by atoms with Crippen LogP contribution in [-0.4, -0.2) is 35.4 Å². The Kier molecular flexibility index (Phi) is 4.11. The largest absolute Gasteiger partial charge is 0.479 e. The molecule has 0 fully saturated rings. The number of urea groups is 1. The van der Waals surface area contributed by atoms with E-state index in [2.05, 4.69) is 10.4 Å². The molecule has 1 aromatic carbocycles. The summed E-state index contributed by atoms with van der Waals surface area (Å²) in [6.45, 7) is 0.580. The maximum absolute atomic E-state index is 12.4. The van der Waals surface area contributed by atoms with Crippen molar-refractivity contribution in [2.75, 3.05) is 23.9 Å². The van der Waals surface area contributed by atoms with Crippen molar-refractivity contribution in [3.05, 3.63) is 35.5 Å². The summed E-state index contributed by atoms with van der Waals surface area (Å²) in [5, 5.41) is 6.87. The maximum atomic E-state index is 12.4. The van der Waals surface area contributed by atoms with Gasteiger partial charge >= 0.3 is 6.03 Å². The van der Waals surface area contributed by atoms with Crippen LogP contribution in [0, 0.1) is 0 Å². The summed E-state index contributed by atoms with van der Waals surface area (Å²) in [4.78, 5) is 25.6. The second-order valence-corrected chi connectivity index (χ2v) is 5.62. The molecule has 3 rings (SSSR count). The fourth-order valence-electron chi connectivity index (χ4n) is 2.85. The second-order valence-electron chi connectivity index (χ2n) is 5.62. The van der Waals surface area contributed by atoms with Gasteiger partial charge in [0.05, 0.1) is 12.8 Å². The molecule has 8 heteroatoms. The van der Waals surface area contributed by atoms with Gasteiger partial charge in [-0.15, -0.1) is 5.10 Å². The Morgan fingerprint density at radius 3 is 2.88 bits per heavy atom. The van der Waals surface area contributed by atoms with Crippen molar-refractivity contribution in [2.24, 2.45) is 12.8 Å². The Morgan fingerprint density at radius 1 is 1.38 bits per heavy atom. The minimum atomic E-state index is -0.492. The minimum absolute atomic E-state index is 0.256. The van der Waals surface area contributed by atoms with Crippen molar-refractivity contribution in [1.82, 2.24) is 9.78 Å². The van der Waals surface area contributed by atoms with Gasteiger partial charge in [-0.1, -0.05) is 6.07 Å². The lowest BCUT2D eigenvalue weighted by Gasteiger charge is -2.28. The highest BCUT2D eigenvalue weighted by Crippen LogP contribution is 2.30. The summed E-state index contributed by atoms with van der Waals surface area (Å²) < 4.78 is 6.61. The summed E-state index contributed by atoms with van der Waals surface area (Å²) in [7, 11) is 3.17. The third kappa shape index (κ3) is 2.90. The van der Waals surface area contributed by atoms with Gasteiger partial charge in [0.25, 0.3) is 5.91 Å². The van der Waals surface area contributed by atoms with E-state index >= 15 is 0 Å². The number of rotatable bonds is 3. The highest BCUT2D eigenvalue weighted by atomic mass is 16.5. The fraction of sp³-hybridized carbons (Fsp3) is 0.312. The average Bonchev–Trinajstić information content (AvgIpc) is 2.95. The normalized spacial score (nSPS) is 13.3. The van der Waals surface area contributed by atoms with E-state index in [0.29, 0.717) is 17.8 Å². The number of amides is 3. The number of aromatic nitrogens is 2. The Balaban J connectivity index is 1.87. The van der Waals surface area contributed by atoms with E-state index in [1.807, 2.05) is 12.1 Å². The molecule has 0 spiro atoms. The number of nitrogens with two attached hydrogens (primary N) is 1. The van der Waals surface area contributed by atoms with Gasteiger partial charge in [-0.05, 0) is 30.5 Å². The molecule has 0 saturated carbocycles. The van der Waals surface area contributed by atoms with Crippen LogP contribution in [-0.2, 0) is 13.5 Å². The van der Waals surface area contributed by atoms with Gasteiger partial charge in [0.1, 0.15) is 5.56 Å². The number of aryl methyl sites for hydroxylation is 2. The Labute approximate surface area is 139 Å². The number of anilines is 2. The molecule has 126 valence electrons. The van der Waals surface area contributed by atoms with E-state index in [1.54, 1.807) is 19.3 Å². The molecule has 1 aliphatic rings. The van der Waals surface area contributed by atoms with E-state index in [0.717, 1.165) is 24.1 Å². The molecule has 1 aromatic heterocycles. The number of carbonyl (C=O) groups excluding carboxylic acids is 2. The molecule has 0 atom stereocenters. The molecule has 2 aromatic rings. The number of benzene rings is 1. The van der Waals surface area contributed by atoms with Crippen LogP contribution >= 0.6 is 0 Å². The second kappa shape index (κ2) is 6.23. The first kappa shape index (κ1) is 15.9. The van der Waals surface area contributed by atoms with Gasteiger partial charge in [-0.3, -0.25) is 14.4 Å². The molecule has 0 aliphatic carbocycles. The molecule has 2 heterocycles. The molecule has 24 heavy (non-hydrogen) atoms. The van der Waals surface area contributed by atoms with Gasteiger partial charge in [0, 0.05) is 25.5 Å². The van der Waals surface area contributed by atoms with E-state index in [9.17, 15) is 9.59 Å². The van der Waals surface area contributed by atoms with Crippen molar-refractivity contribution in [1.29, 1.82) is 0 Å². The average molecular weight is 329 g/mol. The van der Waals surface area contributed by atoms with E-state index in [1.165, 1.54) is 16.7 Å². The number of primary amides is 1. The van der Waals surface area contributed by atoms with E-state index in [-0.39, 0.29) is 11.8 Å². The molecule has 1 aliphatic heterocycles. The Morgan fingerprint density at radius 2 is 2.17 bits per heavy atom. The highest BCUT2D eigenvalue weighted by Gasteiger charge is 2.22. The van der Waals surface area contributed by atoms with Crippen molar-refractivity contribution in [3.8, 4) is 5.88 Å². The summed E-state index contributed by atoms with van der Waals surface area (Å²) >= 11 is 0. The van der Waals surface area contributed by atoms with E-state index < -0.39 is 6.03 Å². The molecule has 3 amide bonds. The van der Waals surface area contributed by atoms with Gasteiger partial charge in [0.15, 0.2) is 0 Å². The van der Waals surface area contributed by atoms with E-state index in [4.69, 9.17) is 10.5 Å². The third-order valence-electron chi connectivity index (χ3n) is 3.96. The Hall–Kier alpha value is -3.03. The fourth-order valence-corrected chi connectivity index (χ4v) is 2.85. The van der Waals surface area contributed by atoms with Crippen LogP contribution < -0.4 is 20.7 Å². The number of nitrogens with one attached hydrogen (secondary N) is 1. The minimum Gasteiger partial charge on any atom is -0.479 e. The zero-order chi connectivity index (χ0) is 17.3. The number of fused-ring (bicyclic) bond motifs is 1. The molecule has 3 N–H and O–H groups in total. The lowest BCUT2D eigenvalue weighted by atomic mass is 10.0. The first-order chi connectivity index (χ1) is 11.5. The summed E-state index contributed by atoms with van der Waals surface area (Å²) in [6.07, 6.45) is 3.33. The molecular formula is C16H19N5O3. The topological polar surface area (TPSA) is 102 Å². The van der Waals surface area contributed by atoms with Gasteiger partial charge in [0.2, 0.25) is 5.88 Å². The molecule has 0 radical (unpaired) electrons. The van der Waals surface area contributed by atoms with Crippen LogP contribution in [0.2, 0.25) is 0 Å². The summed E-state index contributed by atoms with van der Waals surface area (Å²) in [5.74, 6) is -0.0759. The van der Waals surface area contributed by atoms with Crippen LogP contribution in [0.5, 0.6) is 5.88 Å². The molecular weight excluding hydrogens is 310 g/mol. The Bertz CT molecular complexity index is 799. The highest BCUT2D eigenvalue weighted by molar-refractivity contribution is 6.06. The smallest absolute Gasteiger partial charge is 0.319 e. The number of carbonyl (C=O) groups is 2. The molecule has 0 unspecified atom stereocenters. The predicted octanol–water partition coefficient (Wildman–Crippen LogP) is 1.51. The zero-order valence-electron chi connectivity index (χ0n) is 13.6. The van der Waals surface area contributed by atoms with Crippen molar-refractivity contribution < 1.29 is 14.3 Å². The number of hydrogen-bond acceptors (Lipinski definition) is 4. The number of hydrogen-bond donors (Lipinski definition) is 2. The maximum Gasteiger partial charge on any atom is 0.319 e. The lowest BCUT2D eigenvalue weighted by molar-refractivity contribution is 0.102. The van der Waals surface area contributed by atoms with Crippen LogP contribution in [0.4, 0.5) is 16.2 Å². The first-order valence-corrected chi connectivity index (χ1v) is 7.58. The molecule has 0 bridgehead atoms. The lowest BCUT2D eigenvalue weighted by Crippen LogP contribution is -2.39. The first-order valence-electron chi connectivity index (χ1n) is 7.58. The van der Waals surface area contributed by atoms with Crippen LogP contribution in [0.25, 0.3) is 0 Å². The van der Waals surface area contributed by atoms with Crippen LogP contribution in [0.15, 0.2) is 24.4 Å². The van der Waals surface area contributed by atoms with Crippen LogP contribution in [0.3, 0.4) is 0 Å².